The summed E-state index contributed by atoms with van der Waals surface area (Å²) in [6.07, 6.45) is 2.62. The van der Waals surface area contributed by atoms with Crippen LogP contribution in [0.2, 0.25) is 0 Å². The van der Waals surface area contributed by atoms with Crippen molar-refractivity contribution in [2.75, 3.05) is 43.6 Å². The number of methoxy groups -OCH3 is 1. The molecule has 244 valence electrons. The van der Waals surface area contributed by atoms with E-state index in [-0.39, 0.29) is 71.1 Å². The van der Waals surface area contributed by atoms with Crippen molar-refractivity contribution in [1.29, 1.82) is 0 Å². The number of ether oxygens (including phenoxy) is 1. The summed E-state index contributed by atoms with van der Waals surface area (Å²) in [5.41, 5.74) is 0.642. The minimum atomic E-state index is -0.859. The molecule has 47 heavy (non-hydrogen) atoms. The molecular formula is C34H35F2N7O4. The van der Waals surface area contributed by atoms with E-state index in [1.165, 1.54) is 65.2 Å². The molecule has 1 atom stereocenters. The molecule has 0 radical (unpaired) electrons. The third kappa shape index (κ3) is 4.91. The Labute approximate surface area is 270 Å². The predicted molar refractivity (Wildman–Crippen MR) is 174 cm³/mol. The fourth-order valence-corrected chi connectivity index (χ4v) is 6.54. The van der Waals surface area contributed by atoms with Gasteiger partial charge in [0.25, 0.3) is 11.5 Å². The molecule has 0 spiro atoms. The molecule has 3 aromatic heterocycles. The van der Waals surface area contributed by atoms with Crippen LogP contribution in [0.5, 0.6) is 5.75 Å². The average molecular weight is 644 g/mol. The number of carbonyl (C=O) groups is 2. The molecule has 1 aromatic carbocycles. The molecule has 1 fully saturated rings. The number of nitrogens with zero attached hydrogens (tertiary/aromatic N) is 7. The zero-order valence-corrected chi connectivity index (χ0v) is 27.0. The number of piperazine rings is 1. The lowest BCUT2D eigenvalue weighted by Gasteiger charge is -2.47. The molecule has 5 heterocycles. The van der Waals surface area contributed by atoms with Gasteiger partial charge >= 0.3 is 0 Å². The van der Waals surface area contributed by atoms with Gasteiger partial charge in [0.2, 0.25) is 5.91 Å². The Morgan fingerprint density at radius 3 is 2.32 bits per heavy atom. The van der Waals surface area contributed by atoms with Gasteiger partial charge in [0.15, 0.2) is 11.5 Å². The minimum absolute atomic E-state index is 0.0212. The van der Waals surface area contributed by atoms with Gasteiger partial charge in [-0.05, 0) is 36.1 Å². The Kier molecular flexibility index (Phi) is 8.02. The number of carbonyl (C=O) groups excluding carboxylic acids is 2. The number of aromatic nitrogens is 4. The quantitative estimate of drug-likeness (QED) is 0.281. The van der Waals surface area contributed by atoms with Crippen LogP contribution in [0.25, 0.3) is 28.0 Å². The highest BCUT2D eigenvalue weighted by atomic mass is 19.1. The summed E-state index contributed by atoms with van der Waals surface area (Å²) in [7, 11) is 2.83. The van der Waals surface area contributed by atoms with Crippen molar-refractivity contribution in [3.63, 3.8) is 0 Å². The number of hydrogen-bond acceptors (Lipinski definition) is 8. The second kappa shape index (κ2) is 11.9. The zero-order chi connectivity index (χ0) is 33.9. The van der Waals surface area contributed by atoms with E-state index < -0.39 is 29.1 Å². The largest absolute Gasteiger partial charge is 0.496 e. The fourth-order valence-electron chi connectivity index (χ4n) is 6.54. The Morgan fingerprint density at radius 1 is 1.02 bits per heavy atom. The Bertz CT molecular complexity index is 2000. The molecule has 1 saturated heterocycles. The highest BCUT2D eigenvalue weighted by Crippen LogP contribution is 2.43. The van der Waals surface area contributed by atoms with Crippen molar-refractivity contribution in [2.45, 2.75) is 45.6 Å². The van der Waals surface area contributed by atoms with E-state index in [0.29, 0.717) is 22.8 Å². The highest BCUT2D eigenvalue weighted by Gasteiger charge is 2.44. The average Bonchev–Trinajstić information content (AvgIpc) is 3.05. The summed E-state index contributed by atoms with van der Waals surface area (Å²) in [6.45, 7) is 11.7. The first-order chi connectivity index (χ1) is 22.4. The van der Waals surface area contributed by atoms with Crippen LogP contribution in [0, 0.1) is 11.6 Å². The molecule has 0 aliphatic carbocycles. The number of pyridine rings is 2. The molecule has 2 amide bonds. The van der Waals surface area contributed by atoms with Crippen molar-refractivity contribution < 1.29 is 23.1 Å². The molecular weight excluding hydrogens is 608 g/mol. The first kappa shape index (κ1) is 31.8. The van der Waals surface area contributed by atoms with E-state index in [1.807, 2.05) is 27.7 Å². The normalized spacial score (nSPS) is 16.2. The number of benzene rings is 1. The molecule has 0 bridgehead atoms. The van der Waals surface area contributed by atoms with E-state index in [2.05, 4.69) is 16.5 Å². The smallest absolute Gasteiger partial charge is 0.283 e. The maximum Gasteiger partial charge on any atom is 0.283 e. The van der Waals surface area contributed by atoms with Crippen LogP contribution in [0.4, 0.5) is 20.2 Å². The van der Waals surface area contributed by atoms with Crippen molar-refractivity contribution in [3.05, 3.63) is 76.6 Å². The first-order valence-electron chi connectivity index (χ1n) is 15.3. The summed E-state index contributed by atoms with van der Waals surface area (Å²) in [6, 6.07) is 4.48. The highest BCUT2D eigenvalue weighted by molar-refractivity contribution is 6.12. The van der Waals surface area contributed by atoms with Gasteiger partial charge in [0.05, 0.1) is 42.0 Å². The SMILES string of the molecule is C=CC(=O)N1CCN2c3c(c(=O)n(-c4c(C(C)C)ncnc4C(C)C)c4nc(-c5c(F)cccc5OC)c(F)cc34)N(C)C(=O)[C@H]2C1. The van der Waals surface area contributed by atoms with E-state index >= 15 is 8.78 Å². The Morgan fingerprint density at radius 2 is 1.70 bits per heavy atom. The van der Waals surface area contributed by atoms with Gasteiger partial charge in [-0.25, -0.2) is 23.7 Å². The van der Waals surface area contributed by atoms with E-state index in [1.54, 1.807) is 4.90 Å². The standard InChI is InChI=1S/C34H35F2N7O4/c1-8-24(44)41-12-13-42-22(15-41)33(45)40(6)31-29(42)19-14-21(36)28(25-20(35)10-9-11-23(25)47-7)39-32(19)43(34(31)46)30-26(17(2)3)37-16-38-27(30)18(4)5/h8-11,14,16-18,22H,1,12-13,15H2,2-7H3/t22-/m1/s1. The number of amides is 2. The van der Waals surface area contributed by atoms with E-state index in [0.717, 1.165) is 0 Å². The molecule has 13 heteroatoms. The molecule has 2 aliphatic rings. The maximum atomic E-state index is 16.4. The van der Waals surface area contributed by atoms with Gasteiger partial charge in [0.1, 0.15) is 35.3 Å². The lowest BCUT2D eigenvalue weighted by Crippen LogP contribution is -2.63. The monoisotopic (exact) mass is 643 g/mol. The zero-order valence-electron chi connectivity index (χ0n) is 27.0. The fraction of sp³-hybridized carbons (Fsp3) is 0.353. The van der Waals surface area contributed by atoms with Crippen LogP contribution in [-0.2, 0) is 9.59 Å². The predicted octanol–water partition coefficient (Wildman–Crippen LogP) is 4.56. The number of fused-ring (bicyclic) bond motifs is 5. The van der Waals surface area contributed by atoms with Crippen molar-refractivity contribution >= 4 is 34.2 Å². The summed E-state index contributed by atoms with van der Waals surface area (Å²) >= 11 is 0. The second-order valence-electron chi connectivity index (χ2n) is 12.2. The van der Waals surface area contributed by atoms with Gasteiger partial charge in [-0.1, -0.05) is 40.3 Å². The van der Waals surface area contributed by atoms with E-state index in [9.17, 15) is 14.4 Å². The van der Waals surface area contributed by atoms with Crippen LogP contribution in [0.15, 0.2) is 48.0 Å². The number of hydrogen-bond donors (Lipinski definition) is 0. The summed E-state index contributed by atoms with van der Waals surface area (Å²) in [5.74, 6) is -2.63. The van der Waals surface area contributed by atoms with Gasteiger partial charge in [0, 0.05) is 25.5 Å². The van der Waals surface area contributed by atoms with Gasteiger partial charge < -0.3 is 19.4 Å². The van der Waals surface area contributed by atoms with E-state index in [4.69, 9.17) is 9.72 Å². The second-order valence-corrected chi connectivity index (χ2v) is 12.2. The molecule has 4 aromatic rings. The Hall–Kier alpha value is -5.20. The third-order valence-corrected chi connectivity index (χ3v) is 8.79. The summed E-state index contributed by atoms with van der Waals surface area (Å²) in [5, 5.41) is 0.220. The first-order valence-corrected chi connectivity index (χ1v) is 15.3. The van der Waals surface area contributed by atoms with Crippen molar-refractivity contribution in [1.82, 2.24) is 24.4 Å². The van der Waals surface area contributed by atoms with Crippen LogP contribution < -0.4 is 20.1 Å². The van der Waals surface area contributed by atoms with Gasteiger partial charge in [-0.15, -0.1) is 0 Å². The van der Waals surface area contributed by atoms with Crippen molar-refractivity contribution in [3.8, 4) is 22.7 Å². The third-order valence-electron chi connectivity index (χ3n) is 8.79. The molecule has 2 aliphatic heterocycles. The maximum absolute atomic E-state index is 16.4. The van der Waals surface area contributed by atoms with Crippen LogP contribution in [-0.4, -0.2) is 76.1 Å². The molecule has 6 rings (SSSR count). The summed E-state index contributed by atoms with van der Waals surface area (Å²) < 4.78 is 38.5. The lowest BCUT2D eigenvalue weighted by molar-refractivity contribution is -0.128. The van der Waals surface area contributed by atoms with Crippen LogP contribution in [0.1, 0.15) is 50.9 Å². The topological polar surface area (TPSA) is 114 Å². The molecule has 11 nitrogen and oxygen atoms in total. The molecule has 0 saturated carbocycles. The van der Waals surface area contributed by atoms with Gasteiger partial charge in [-0.2, -0.15) is 0 Å². The molecule has 0 N–H and O–H groups in total. The van der Waals surface area contributed by atoms with Gasteiger partial charge in [-0.3, -0.25) is 19.0 Å². The number of likely N-dealkylation sites (N-methyl/N-ethyl adjacent to an activating group) is 1. The minimum Gasteiger partial charge on any atom is -0.496 e. The van der Waals surface area contributed by atoms with Crippen LogP contribution in [0.3, 0.4) is 0 Å². The summed E-state index contributed by atoms with van der Waals surface area (Å²) in [4.78, 5) is 59.6. The number of rotatable bonds is 6. The number of anilines is 2. The molecule has 0 unspecified atom stereocenters. The lowest BCUT2D eigenvalue weighted by atomic mass is 9.98. The van der Waals surface area contributed by atoms with Crippen molar-refractivity contribution in [2.24, 2.45) is 0 Å². The Balaban J connectivity index is 1.78. The number of halogens is 2. The van der Waals surface area contributed by atoms with Crippen LogP contribution >= 0.6 is 0 Å².